The highest BCUT2D eigenvalue weighted by Crippen LogP contribution is 2.22. The summed E-state index contributed by atoms with van der Waals surface area (Å²) in [5, 5.41) is 11.6. The van der Waals surface area contributed by atoms with E-state index in [1.807, 2.05) is 0 Å². The largest absolute Gasteiger partial charge is 0.398 e. The van der Waals surface area contributed by atoms with E-state index < -0.39 is 6.10 Å². The average Bonchev–Trinajstić information content (AvgIpc) is 2.14. The predicted octanol–water partition coefficient (Wildman–Crippen LogP) is 1.14. The second-order valence-electron chi connectivity index (χ2n) is 3.26. The first-order valence-electron chi connectivity index (χ1n) is 4.52. The van der Waals surface area contributed by atoms with Gasteiger partial charge in [0.05, 0.1) is 11.7 Å². The SMILES string of the molecule is CC(O)CNC(=O)c1c(N)cccc1Br. The van der Waals surface area contributed by atoms with E-state index in [9.17, 15) is 4.79 Å². The molecule has 82 valence electrons. The number of amides is 1. The topological polar surface area (TPSA) is 75.3 Å². The number of nitrogen functional groups attached to an aromatic ring is 1. The van der Waals surface area contributed by atoms with E-state index in [1.165, 1.54) is 0 Å². The number of aliphatic hydroxyl groups is 1. The van der Waals surface area contributed by atoms with Gasteiger partial charge < -0.3 is 16.2 Å². The molecule has 0 aliphatic heterocycles. The normalized spacial score (nSPS) is 12.2. The minimum absolute atomic E-state index is 0.208. The van der Waals surface area contributed by atoms with Gasteiger partial charge in [0.15, 0.2) is 0 Å². The smallest absolute Gasteiger partial charge is 0.254 e. The van der Waals surface area contributed by atoms with Crippen LogP contribution in [0.3, 0.4) is 0 Å². The van der Waals surface area contributed by atoms with Crippen molar-refractivity contribution in [2.75, 3.05) is 12.3 Å². The zero-order valence-electron chi connectivity index (χ0n) is 8.33. The van der Waals surface area contributed by atoms with E-state index >= 15 is 0 Å². The Balaban J connectivity index is 2.82. The Morgan fingerprint density at radius 1 is 1.67 bits per heavy atom. The molecule has 0 saturated carbocycles. The first-order valence-corrected chi connectivity index (χ1v) is 5.32. The molecule has 5 heteroatoms. The van der Waals surface area contributed by atoms with Crippen molar-refractivity contribution in [3.05, 3.63) is 28.2 Å². The molecule has 0 aromatic heterocycles. The van der Waals surface area contributed by atoms with Crippen LogP contribution in [0.15, 0.2) is 22.7 Å². The second kappa shape index (κ2) is 5.14. The molecular formula is C10H13BrN2O2. The number of hydrogen-bond acceptors (Lipinski definition) is 3. The highest BCUT2D eigenvalue weighted by Gasteiger charge is 2.13. The molecule has 0 radical (unpaired) electrons. The maximum atomic E-state index is 11.7. The number of nitrogens with two attached hydrogens (primary N) is 1. The molecule has 1 unspecified atom stereocenters. The van der Waals surface area contributed by atoms with Crippen molar-refractivity contribution in [3.8, 4) is 0 Å². The number of aliphatic hydroxyl groups excluding tert-OH is 1. The molecule has 4 nitrogen and oxygen atoms in total. The molecule has 0 saturated heterocycles. The molecule has 0 bridgehead atoms. The van der Waals surface area contributed by atoms with Crippen LogP contribution in [-0.2, 0) is 0 Å². The summed E-state index contributed by atoms with van der Waals surface area (Å²) < 4.78 is 0.644. The lowest BCUT2D eigenvalue weighted by atomic mass is 10.1. The van der Waals surface area contributed by atoms with Gasteiger partial charge in [0.2, 0.25) is 0 Å². The zero-order valence-corrected chi connectivity index (χ0v) is 9.91. The number of nitrogens with one attached hydrogen (secondary N) is 1. The van der Waals surface area contributed by atoms with E-state index in [4.69, 9.17) is 10.8 Å². The molecule has 1 aromatic carbocycles. The minimum Gasteiger partial charge on any atom is -0.398 e. The highest BCUT2D eigenvalue weighted by atomic mass is 79.9. The third-order valence-corrected chi connectivity index (χ3v) is 2.49. The molecule has 0 heterocycles. The van der Waals surface area contributed by atoms with Gasteiger partial charge in [-0.05, 0) is 35.0 Å². The quantitative estimate of drug-likeness (QED) is 0.723. The Morgan fingerprint density at radius 3 is 2.87 bits per heavy atom. The third kappa shape index (κ3) is 3.21. The summed E-state index contributed by atoms with van der Waals surface area (Å²) >= 11 is 3.25. The summed E-state index contributed by atoms with van der Waals surface area (Å²) in [6.45, 7) is 1.81. The molecule has 1 aromatic rings. The predicted molar refractivity (Wildman–Crippen MR) is 62.6 cm³/mol. The summed E-state index contributed by atoms with van der Waals surface area (Å²) in [6, 6.07) is 5.15. The monoisotopic (exact) mass is 272 g/mol. The molecule has 1 atom stereocenters. The van der Waals surface area contributed by atoms with Gasteiger partial charge in [0, 0.05) is 16.7 Å². The molecule has 0 spiro atoms. The summed E-state index contributed by atoms with van der Waals surface area (Å²) in [4.78, 5) is 11.7. The lowest BCUT2D eigenvalue weighted by molar-refractivity contribution is 0.0924. The van der Waals surface area contributed by atoms with Crippen LogP contribution in [0.2, 0.25) is 0 Å². The standard InChI is InChI=1S/C10H13BrN2O2/c1-6(14)5-13-10(15)9-7(11)3-2-4-8(9)12/h2-4,6,14H,5,12H2,1H3,(H,13,15). The Labute approximate surface area is 96.6 Å². The van der Waals surface area contributed by atoms with Crippen LogP contribution in [0.25, 0.3) is 0 Å². The van der Waals surface area contributed by atoms with Gasteiger partial charge in [-0.25, -0.2) is 0 Å². The van der Waals surface area contributed by atoms with Gasteiger partial charge in [-0.3, -0.25) is 4.79 Å². The van der Waals surface area contributed by atoms with Crippen LogP contribution in [-0.4, -0.2) is 23.7 Å². The van der Waals surface area contributed by atoms with Gasteiger partial charge in [-0.2, -0.15) is 0 Å². The van der Waals surface area contributed by atoms with Crippen molar-refractivity contribution >= 4 is 27.5 Å². The highest BCUT2D eigenvalue weighted by molar-refractivity contribution is 9.10. The van der Waals surface area contributed by atoms with Crippen molar-refractivity contribution in [1.29, 1.82) is 0 Å². The third-order valence-electron chi connectivity index (χ3n) is 1.83. The van der Waals surface area contributed by atoms with E-state index in [1.54, 1.807) is 25.1 Å². The Bertz CT molecular complexity index is 346. The molecular weight excluding hydrogens is 260 g/mol. The van der Waals surface area contributed by atoms with Crippen LogP contribution in [0.1, 0.15) is 17.3 Å². The molecule has 4 N–H and O–H groups in total. The fourth-order valence-corrected chi connectivity index (χ4v) is 1.67. The molecule has 1 amide bonds. The Hall–Kier alpha value is -1.07. The number of carbonyl (C=O) groups is 1. The number of anilines is 1. The van der Waals surface area contributed by atoms with Crippen LogP contribution in [0.4, 0.5) is 5.69 Å². The fourth-order valence-electron chi connectivity index (χ4n) is 1.11. The number of hydrogen-bond donors (Lipinski definition) is 3. The van der Waals surface area contributed by atoms with Gasteiger partial charge in [0.25, 0.3) is 5.91 Å². The van der Waals surface area contributed by atoms with Gasteiger partial charge in [0.1, 0.15) is 0 Å². The van der Waals surface area contributed by atoms with Crippen molar-refractivity contribution < 1.29 is 9.90 Å². The lowest BCUT2D eigenvalue weighted by Crippen LogP contribution is -2.31. The Morgan fingerprint density at radius 2 is 2.33 bits per heavy atom. The summed E-state index contributed by atoms with van der Waals surface area (Å²) in [6.07, 6.45) is -0.572. The average molecular weight is 273 g/mol. The maximum Gasteiger partial charge on any atom is 0.254 e. The van der Waals surface area contributed by atoms with Crippen molar-refractivity contribution in [2.45, 2.75) is 13.0 Å². The van der Waals surface area contributed by atoms with Gasteiger partial charge in [-0.15, -0.1) is 0 Å². The number of rotatable bonds is 3. The minimum atomic E-state index is -0.572. The van der Waals surface area contributed by atoms with Crippen LogP contribution < -0.4 is 11.1 Å². The van der Waals surface area contributed by atoms with E-state index in [0.717, 1.165) is 0 Å². The molecule has 0 fully saturated rings. The van der Waals surface area contributed by atoms with Gasteiger partial charge in [-0.1, -0.05) is 6.07 Å². The second-order valence-corrected chi connectivity index (χ2v) is 4.12. The van der Waals surface area contributed by atoms with E-state index in [0.29, 0.717) is 15.7 Å². The number of benzene rings is 1. The lowest BCUT2D eigenvalue weighted by Gasteiger charge is -2.10. The summed E-state index contributed by atoms with van der Waals surface area (Å²) in [5.74, 6) is -0.291. The summed E-state index contributed by atoms with van der Waals surface area (Å²) in [5.41, 5.74) is 6.49. The summed E-state index contributed by atoms with van der Waals surface area (Å²) in [7, 11) is 0. The first kappa shape index (κ1) is 12.0. The van der Waals surface area contributed by atoms with E-state index in [2.05, 4.69) is 21.2 Å². The molecule has 1 rings (SSSR count). The van der Waals surface area contributed by atoms with Crippen LogP contribution in [0, 0.1) is 0 Å². The van der Waals surface area contributed by atoms with Crippen molar-refractivity contribution in [1.82, 2.24) is 5.32 Å². The number of halogens is 1. The van der Waals surface area contributed by atoms with E-state index in [-0.39, 0.29) is 12.5 Å². The van der Waals surface area contributed by atoms with Crippen LogP contribution >= 0.6 is 15.9 Å². The first-order chi connectivity index (χ1) is 7.02. The number of carbonyl (C=O) groups excluding carboxylic acids is 1. The molecule has 0 aliphatic carbocycles. The molecule has 15 heavy (non-hydrogen) atoms. The van der Waals surface area contributed by atoms with Gasteiger partial charge >= 0.3 is 0 Å². The van der Waals surface area contributed by atoms with Crippen molar-refractivity contribution in [2.24, 2.45) is 0 Å². The van der Waals surface area contributed by atoms with Crippen LogP contribution in [0.5, 0.6) is 0 Å². The zero-order chi connectivity index (χ0) is 11.4. The maximum absolute atomic E-state index is 11.7. The fraction of sp³-hybridized carbons (Fsp3) is 0.300. The molecule has 0 aliphatic rings. The Kier molecular flexibility index (Phi) is 4.11. The van der Waals surface area contributed by atoms with Crippen molar-refractivity contribution in [3.63, 3.8) is 0 Å².